The van der Waals surface area contributed by atoms with E-state index in [4.69, 9.17) is 20.9 Å². The number of ether oxygens (including phenoxy) is 1. The first kappa shape index (κ1) is 10.8. The minimum atomic E-state index is 0.211. The monoisotopic (exact) mass is 230 g/mol. The molecule has 0 radical (unpaired) electrons. The quantitative estimate of drug-likeness (QED) is 0.780. The van der Waals surface area contributed by atoms with Crippen molar-refractivity contribution in [2.45, 2.75) is 25.9 Å². The summed E-state index contributed by atoms with van der Waals surface area (Å²) >= 11 is 5.97. The third-order valence-corrected chi connectivity index (χ3v) is 3.13. The van der Waals surface area contributed by atoms with E-state index in [-0.39, 0.29) is 6.10 Å². The van der Waals surface area contributed by atoms with Gasteiger partial charge in [-0.05, 0) is 32.0 Å². The summed E-state index contributed by atoms with van der Waals surface area (Å²) in [5, 5.41) is 4.28. The molecular weight excluding hydrogens is 216 g/mol. The van der Waals surface area contributed by atoms with Crippen molar-refractivity contribution in [2.24, 2.45) is 0 Å². The maximum absolute atomic E-state index is 5.97. The highest BCUT2D eigenvalue weighted by Crippen LogP contribution is 2.28. The minimum Gasteiger partial charge on any atom is -0.471 e. The molecule has 5 heteroatoms. The highest BCUT2D eigenvalue weighted by atomic mass is 35.5. The van der Waals surface area contributed by atoms with Gasteiger partial charge in [-0.2, -0.15) is 0 Å². The van der Waals surface area contributed by atoms with Gasteiger partial charge < -0.3 is 14.2 Å². The van der Waals surface area contributed by atoms with Crippen LogP contribution in [-0.2, 0) is 0 Å². The summed E-state index contributed by atoms with van der Waals surface area (Å²) < 4.78 is 10.6. The van der Waals surface area contributed by atoms with Crippen molar-refractivity contribution in [1.29, 1.82) is 0 Å². The van der Waals surface area contributed by atoms with Crippen LogP contribution in [0, 0.1) is 6.92 Å². The molecule has 1 fully saturated rings. The molecule has 0 saturated carbocycles. The number of aromatic nitrogens is 1. The van der Waals surface area contributed by atoms with Gasteiger partial charge in [0.25, 0.3) is 5.88 Å². The smallest absolute Gasteiger partial charge is 0.273 e. The van der Waals surface area contributed by atoms with E-state index < -0.39 is 0 Å². The predicted octanol–water partition coefficient (Wildman–Crippen LogP) is 2.11. The zero-order valence-electron chi connectivity index (χ0n) is 8.99. The highest BCUT2D eigenvalue weighted by Gasteiger charge is 2.21. The molecule has 0 aromatic carbocycles. The van der Waals surface area contributed by atoms with Gasteiger partial charge in [-0.25, -0.2) is 0 Å². The first-order valence-corrected chi connectivity index (χ1v) is 5.51. The van der Waals surface area contributed by atoms with Gasteiger partial charge in [0.1, 0.15) is 11.1 Å². The van der Waals surface area contributed by atoms with Crippen LogP contribution in [0.1, 0.15) is 18.6 Å². The van der Waals surface area contributed by atoms with E-state index in [1.165, 1.54) is 0 Å². The Kier molecular flexibility index (Phi) is 3.17. The maximum atomic E-state index is 5.97. The molecule has 0 aliphatic carbocycles. The summed E-state index contributed by atoms with van der Waals surface area (Å²) in [5.74, 6) is 1.04. The van der Waals surface area contributed by atoms with Crippen molar-refractivity contribution in [2.75, 3.05) is 20.1 Å². The average Bonchev–Trinajstić information content (AvgIpc) is 2.53. The van der Waals surface area contributed by atoms with Crippen molar-refractivity contribution >= 4 is 11.6 Å². The van der Waals surface area contributed by atoms with Crippen LogP contribution in [0.25, 0.3) is 0 Å². The number of hydrogen-bond donors (Lipinski definition) is 0. The number of rotatable bonds is 2. The molecule has 0 N–H and O–H groups in total. The number of halogens is 1. The Morgan fingerprint density at radius 1 is 1.47 bits per heavy atom. The molecule has 84 valence electrons. The molecule has 0 amide bonds. The molecule has 1 saturated heterocycles. The maximum Gasteiger partial charge on any atom is 0.273 e. The van der Waals surface area contributed by atoms with Gasteiger partial charge in [0, 0.05) is 13.1 Å². The zero-order valence-corrected chi connectivity index (χ0v) is 9.75. The van der Waals surface area contributed by atoms with E-state index in [0.717, 1.165) is 25.9 Å². The second-order valence-corrected chi connectivity index (χ2v) is 4.36. The summed E-state index contributed by atoms with van der Waals surface area (Å²) in [6.45, 7) is 3.88. The molecule has 1 aromatic rings. The van der Waals surface area contributed by atoms with Gasteiger partial charge in [0.05, 0.1) is 0 Å². The van der Waals surface area contributed by atoms with Crippen LogP contribution in [0.3, 0.4) is 0 Å². The lowest BCUT2D eigenvalue weighted by molar-refractivity contribution is 0.106. The highest BCUT2D eigenvalue weighted by molar-refractivity contribution is 6.32. The van der Waals surface area contributed by atoms with Crippen LogP contribution in [0.4, 0.5) is 0 Å². The van der Waals surface area contributed by atoms with Gasteiger partial charge in [0.15, 0.2) is 5.76 Å². The minimum absolute atomic E-state index is 0.211. The Balaban J connectivity index is 1.94. The molecule has 0 spiro atoms. The van der Waals surface area contributed by atoms with E-state index in [9.17, 15) is 0 Å². The topological polar surface area (TPSA) is 38.5 Å². The molecule has 15 heavy (non-hydrogen) atoms. The summed E-state index contributed by atoms with van der Waals surface area (Å²) in [7, 11) is 2.11. The fourth-order valence-corrected chi connectivity index (χ4v) is 1.79. The standard InChI is InChI=1S/C10H15ClN2O2/c1-7-9(11)10(12-15-7)14-8-3-5-13(2)6-4-8/h8H,3-6H2,1-2H3. The van der Waals surface area contributed by atoms with Crippen LogP contribution in [0.15, 0.2) is 4.52 Å². The molecule has 2 heterocycles. The molecular formula is C10H15ClN2O2. The third kappa shape index (κ3) is 2.44. The van der Waals surface area contributed by atoms with Gasteiger partial charge in [-0.1, -0.05) is 11.6 Å². The van der Waals surface area contributed by atoms with Gasteiger partial charge in [0.2, 0.25) is 0 Å². The van der Waals surface area contributed by atoms with Crippen LogP contribution < -0.4 is 4.74 Å². The number of piperidine rings is 1. The Morgan fingerprint density at radius 3 is 2.67 bits per heavy atom. The van der Waals surface area contributed by atoms with Crippen LogP contribution >= 0.6 is 11.6 Å². The lowest BCUT2D eigenvalue weighted by Crippen LogP contribution is -2.35. The molecule has 0 atom stereocenters. The van der Waals surface area contributed by atoms with Crippen LogP contribution in [0.5, 0.6) is 5.88 Å². The SMILES string of the molecule is Cc1onc(OC2CCN(C)CC2)c1Cl. The molecule has 1 aliphatic heterocycles. The second kappa shape index (κ2) is 4.41. The summed E-state index contributed by atoms with van der Waals surface area (Å²) in [6, 6.07) is 0. The van der Waals surface area contributed by atoms with Crippen molar-refractivity contribution in [1.82, 2.24) is 10.1 Å². The second-order valence-electron chi connectivity index (χ2n) is 3.98. The zero-order chi connectivity index (χ0) is 10.8. The Hall–Kier alpha value is -0.740. The number of aryl methyl sites for hydroxylation is 1. The number of nitrogens with zero attached hydrogens (tertiary/aromatic N) is 2. The summed E-state index contributed by atoms with van der Waals surface area (Å²) in [6.07, 6.45) is 2.24. The molecule has 4 nitrogen and oxygen atoms in total. The van der Waals surface area contributed by atoms with Crippen molar-refractivity contribution in [3.63, 3.8) is 0 Å². The lowest BCUT2D eigenvalue weighted by Gasteiger charge is -2.28. The van der Waals surface area contributed by atoms with Gasteiger partial charge in [-0.15, -0.1) is 0 Å². The van der Waals surface area contributed by atoms with Crippen LogP contribution in [-0.4, -0.2) is 36.3 Å². The Morgan fingerprint density at radius 2 is 2.13 bits per heavy atom. The summed E-state index contributed by atoms with van der Waals surface area (Å²) in [5.41, 5.74) is 0. The third-order valence-electron chi connectivity index (χ3n) is 2.71. The van der Waals surface area contributed by atoms with Crippen molar-refractivity contribution in [3.8, 4) is 5.88 Å². The summed E-state index contributed by atoms with van der Waals surface area (Å²) in [4.78, 5) is 2.29. The lowest BCUT2D eigenvalue weighted by atomic mass is 10.1. The first-order valence-electron chi connectivity index (χ1n) is 5.14. The van der Waals surface area contributed by atoms with E-state index in [1.54, 1.807) is 6.92 Å². The normalized spacial score (nSPS) is 19.4. The van der Waals surface area contributed by atoms with Crippen molar-refractivity contribution < 1.29 is 9.26 Å². The largest absolute Gasteiger partial charge is 0.471 e. The van der Waals surface area contributed by atoms with Gasteiger partial charge in [-0.3, -0.25) is 0 Å². The van der Waals surface area contributed by atoms with E-state index >= 15 is 0 Å². The fraction of sp³-hybridized carbons (Fsp3) is 0.700. The molecule has 0 unspecified atom stereocenters. The Labute approximate surface area is 94.1 Å². The van der Waals surface area contributed by atoms with E-state index in [2.05, 4.69) is 17.1 Å². The molecule has 2 rings (SSSR count). The number of hydrogen-bond acceptors (Lipinski definition) is 4. The average molecular weight is 231 g/mol. The van der Waals surface area contributed by atoms with E-state index in [0.29, 0.717) is 16.7 Å². The van der Waals surface area contributed by atoms with Crippen LogP contribution in [0.2, 0.25) is 5.02 Å². The van der Waals surface area contributed by atoms with Gasteiger partial charge >= 0.3 is 0 Å². The molecule has 1 aliphatic rings. The number of likely N-dealkylation sites (tertiary alicyclic amines) is 1. The van der Waals surface area contributed by atoms with Crippen molar-refractivity contribution in [3.05, 3.63) is 10.8 Å². The first-order chi connectivity index (χ1) is 7.16. The molecule has 1 aromatic heterocycles. The fourth-order valence-electron chi connectivity index (χ4n) is 1.67. The van der Waals surface area contributed by atoms with E-state index in [1.807, 2.05) is 0 Å². The molecule has 0 bridgehead atoms. The predicted molar refractivity (Wildman–Crippen MR) is 57.4 cm³/mol. The Bertz CT molecular complexity index is 332.